The van der Waals surface area contributed by atoms with E-state index >= 15 is 0 Å². The quantitative estimate of drug-likeness (QED) is 0.539. The third kappa shape index (κ3) is 2.57. The second-order valence-electron chi connectivity index (χ2n) is 5.54. The van der Waals surface area contributed by atoms with E-state index in [0.29, 0.717) is 16.9 Å². The van der Waals surface area contributed by atoms with Crippen LogP contribution in [0, 0.1) is 35.3 Å². The molecule has 2 heterocycles. The molecule has 1 aromatic carbocycles. The average molecular weight is 321 g/mol. The van der Waals surface area contributed by atoms with Gasteiger partial charge in [-0.2, -0.15) is 5.26 Å². The molecule has 6 nitrogen and oxygen atoms in total. The number of nitro groups is 1. The minimum absolute atomic E-state index is 0.0261. The molecule has 2 aromatic heterocycles. The second-order valence-corrected chi connectivity index (χ2v) is 5.54. The van der Waals surface area contributed by atoms with Crippen LogP contribution in [-0.4, -0.2) is 9.32 Å². The number of aromatic nitrogens is 1. The minimum Gasteiger partial charge on any atom is -0.488 e. The monoisotopic (exact) mass is 321 g/mol. The van der Waals surface area contributed by atoms with Gasteiger partial charge in [0.1, 0.15) is 18.4 Å². The Kier molecular flexibility index (Phi) is 3.92. The van der Waals surface area contributed by atoms with Gasteiger partial charge in [-0.05, 0) is 37.6 Å². The van der Waals surface area contributed by atoms with Crippen molar-refractivity contribution in [1.29, 1.82) is 5.26 Å². The fourth-order valence-corrected chi connectivity index (χ4v) is 2.80. The Morgan fingerprint density at radius 2 is 2.08 bits per heavy atom. The minimum atomic E-state index is -0.422. The molecule has 3 aromatic rings. The molecule has 0 radical (unpaired) electrons. The zero-order chi connectivity index (χ0) is 17.3. The lowest BCUT2D eigenvalue weighted by Crippen LogP contribution is -2.02. The van der Waals surface area contributed by atoms with Crippen LogP contribution in [0.25, 0.3) is 5.52 Å². The summed E-state index contributed by atoms with van der Waals surface area (Å²) >= 11 is 0. The topological polar surface area (TPSA) is 80.6 Å². The van der Waals surface area contributed by atoms with Crippen molar-refractivity contribution in [2.24, 2.45) is 0 Å². The summed E-state index contributed by atoms with van der Waals surface area (Å²) in [6, 6.07) is 11.0. The highest BCUT2D eigenvalue weighted by Crippen LogP contribution is 2.32. The Balaban J connectivity index is 1.96. The Bertz CT molecular complexity index is 983. The summed E-state index contributed by atoms with van der Waals surface area (Å²) in [5, 5.41) is 20.5. The van der Waals surface area contributed by atoms with E-state index in [1.807, 2.05) is 41.9 Å². The van der Waals surface area contributed by atoms with E-state index in [1.165, 1.54) is 6.07 Å². The van der Waals surface area contributed by atoms with Crippen molar-refractivity contribution in [2.45, 2.75) is 20.5 Å². The first-order valence-corrected chi connectivity index (χ1v) is 7.39. The highest BCUT2D eigenvalue weighted by molar-refractivity contribution is 5.65. The number of fused-ring (bicyclic) bond motifs is 1. The highest BCUT2D eigenvalue weighted by atomic mass is 16.6. The number of hydrogen-bond acceptors (Lipinski definition) is 4. The first kappa shape index (κ1) is 15.6. The zero-order valence-electron chi connectivity index (χ0n) is 13.3. The van der Waals surface area contributed by atoms with Crippen LogP contribution in [0.1, 0.15) is 22.3 Å². The third-order valence-electron chi connectivity index (χ3n) is 4.02. The van der Waals surface area contributed by atoms with Crippen LogP contribution in [-0.2, 0) is 6.61 Å². The Morgan fingerprint density at radius 3 is 2.79 bits per heavy atom. The van der Waals surface area contributed by atoms with Crippen LogP contribution in [0.3, 0.4) is 0 Å². The lowest BCUT2D eigenvalue weighted by molar-refractivity contribution is -0.385. The van der Waals surface area contributed by atoms with Gasteiger partial charge in [-0.25, -0.2) is 0 Å². The van der Waals surface area contributed by atoms with E-state index in [-0.39, 0.29) is 12.3 Å². The van der Waals surface area contributed by atoms with Crippen LogP contribution in [0.2, 0.25) is 0 Å². The summed E-state index contributed by atoms with van der Waals surface area (Å²) in [5.74, 6) is 0.489. The maximum atomic E-state index is 11.1. The molecule has 0 unspecified atom stereocenters. The number of nitro benzene ring substituents is 1. The Morgan fingerprint density at radius 1 is 1.29 bits per heavy atom. The predicted octanol–water partition coefficient (Wildman–Crippen LogP) is 3.92. The number of hydrogen-bond donors (Lipinski definition) is 0. The molecule has 0 spiro atoms. The van der Waals surface area contributed by atoms with E-state index < -0.39 is 4.92 Å². The molecule has 0 saturated heterocycles. The van der Waals surface area contributed by atoms with Gasteiger partial charge in [0, 0.05) is 24.0 Å². The molecule has 0 aliphatic rings. The van der Waals surface area contributed by atoms with E-state index in [1.54, 1.807) is 13.0 Å². The number of rotatable bonds is 4. The van der Waals surface area contributed by atoms with Gasteiger partial charge in [-0.3, -0.25) is 10.1 Å². The summed E-state index contributed by atoms with van der Waals surface area (Å²) in [7, 11) is 0. The molecule has 3 rings (SSSR count). The lowest BCUT2D eigenvalue weighted by atomic mass is 10.1. The standard InChI is InChI=1S/C18H15N3O3/c1-12-6-7-16(21(22)23)13(2)18(12)24-11-14-10-20-8-4-3-5-17(20)15(14)9-19/h3-8,10H,11H2,1-2H3. The SMILES string of the molecule is Cc1ccc([N+](=O)[O-])c(C)c1OCc1cn2ccccc2c1C#N. The Hall–Kier alpha value is -3.33. The van der Waals surface area contributed by atoms with Gasteiger partial charge in [0.25, 0.3) is 5.69 Å². The van der Waals surface area contributed by atoms with E-state index in [4.69, 9.17) is 4.74 Å². The number of ether oxygens (including phenoxy) is 1. The molecule has 0 saturated carbocycles. The van der Waals surface area contributed by atoms with Gasteiger partial charge in [0.2, 0.25) is 0 Å². The molecule has 24 heavy (non-hydrogen) atoms. The van der Waals surface area contributed by atoms with Crippen LogP contribution in [0.5, 0.6) is 5.75 Å². The normalized spacial score (nSPS) is 10.5. The van der Waals surface area contributed by atoms with Crippen molar-refractivity contribution >= 4 is 11.2 Å². The van der Waals surface area contributed by atoms with Crippen LogP contribution in [0.4, 0.5) is 5.69 Å². The maximum Gasteiger partial charge on any atom is 0.276 e. The molecule has 120 valence electrons. The van der Waals surface area contributed by atoms with Crippen molar-refractivity contribution in [3.8, 4) is 11.8 Å². The molecular weight excluding hydrogens is 306 g/mol. The van der Waals surface area contributed by atoms with Crippen LogP contribution in [0.15, 0.2) is 42.7 Å². The van der Waals surface area contributed by atoms with Crippen molar-refractivity contribution in [3.63, 3.8) is 0 Å². The Labute approximate surface area is 138 Å². The van der Waals surface area contributed by atoms with E-state index in [2.05, 4.69) is 6.07 Å². The number of pyridine rings is 1. The molecule has 0 amide bonds. The summed E-state index contributed by atoms with van der Waals surface area (Å²) in [6.45, 7) is 3.68. The smallest absolute Gasteiger partial charge is 0.276 e. The third-order valence-corrected chi connectivity index (χ3v) is 4.02. The first-order chi connectivity index (χ1) is 11.5. The number of nitriles is 1. The fourth-order valence-electron chi connectivity index (χ4n) is 2.80. The van der Waals surface area contributed by atoms with Crippen molar-refractivity contribution in [3.05, 3.63) is 75.1 Å². The predicted molar refractivity (Wildman–Crippen MR) is 89.0 cm³/mol. The number of nitrogens with zero attached hydrogens (tertiary/aromatic N) is 3. The largest absolute Gasteiger partial charge is 0.488 e. The highest BCUT2D eigenvalue weighted by Gasteiger charge is 2.18. The number of aryl methyl sites for hydroxylation is 1. The van der Waals surface area contributed by atoms with Crippen molar-refractivity contribution in [1.82, 2.24) is 4.40 Å². The van der Waals surface area contributed by atoms with Crippen LogP contribution < -0.4 is 4.74 Å². The summed E-state index contributed by atoms with van der Waals surface area (Å²) in [5.41, 5.74) is 3.44. The molecule has 0 aliphatic carbocycles. The van der Waals surface area contributed by atoms with E-state index in [9.17, 15) is 15.4 Å². The lowest BCUT2D eigenvalue weighted by Gasteiger charge is -2.11. The summed E-state index contributed by atoms with van der Waals surface area (Å²) < 4.78 is 7.71. The summed E-state index contributed by atoms with van der Waals surface area (Å²) in [6.07, 6.45) is 3.71. The first-order valence-electron chi connectivity index (χ1n) is 7.39. The molecule has 6 heteroatoms. The van der Waals surface area contributed by atoms with Gasteiger partial charge < -0.3 is 9.14 Å². The molecule has 0 N–H and O–H groups in total. The molecule has 0 aliphatic heterocycles. The molecule has 0 bridgehead atoms. The number of benzene rings is 1. The zero-order valence-corrected chi connectivity index (χ0v) is 13.3. The van der Waals surface area contributed by atoms with Gasteiger partial charge >= 0.3 is 0 Å². The molecule has 0 fully saturated rings. The average Bonchev–Trinajstić information content (AvgIpc) is 2.91. The van der Waals surface area contributed by atoms with Crippen molar-refractivity contribution in [2.75, 3.05) is 0 Å². The molecule has 0 atom stereocenters. The van der Waals surface area contributed by atoms with Gasteiger partial charge in [0.05, 0.1) is 21.6 Å². The second kappa shape index (κ2) is 6.05. The molecular formula is C18H15N3O3. The van der Waals surface area contributed by atoms with Crippen LogP contribution >= 0.6 is 0 Å². The van der Waals surface area contributed by atoms with Gasteiger partial charge in [-0.15, -0.1) is 0 Å². The maximum absolute atomic E-state index is 11.1. The fraction of sp³-hybridized carbons (Fsp3) is 0.167. The van der Waals surface area contributed by atoms with E-state index in [0.717, 1.165) is 16.6 Å². The summed E-state index contributed by atoms with van der Waals surface area (Å²) in [4.78, 5) is 10.7. The van der Waals surface area contributed by atoms with Crippen molar-refractivity contribution < 1.29 is 9.66 Å². The van der Waals surface area contributed by atoms with Gasteiger partial charge in [-0.1, -0.05) is 6.07 Å². The van der Waals surface area contributed by atoms with Gasteiger partial charge in [0.15, 0.2) is 0 Å².